The summed E-state index contributed by atoms with van der Waals surface area (Å²) in [6.45, 7) is 6.65. The van der Waals surface area contributed by atoms with Crippen LogP contribution in [0.4, 0.5) is 8.78 Å². The number of Topliss-reactive ketones (excluding diaryl/α,β-unsaturated/α-hetero) is 3. The Morgan fingerprint density at radius 2 is 0.809 bits per heavy atom. The molecule has 0 saturated carbocycles. The second-order valence-corrected chi connectivity index (χ2v) is 31.6. The van der Waals surface area contributed by atoms with Gasteiger partial charge in [0.25, 0.3) is 35.1 Å². The van der Waals surface area contributed by atoms with E-state index in [4.69, 9.17) is 9.72 Å². The first-order valence-electron chi connectivity index (χ1n) is 38.8. The van der Waals surface area contributed by atoms with Crippen LogP contribution in [-0.2, 0) is 52.9 Å². The molecule has 19 rings (SSSR count). The van der Waals surface area contributed by atoms with Crippen molar-refractivity contribution in [1.29, 1.82) is 0 Å². The number of aromatic nitrogens is 8. The molecule has 9 heterocycles. The third kappa shape index (κ3) is 14.4. The number of likely N-dealkylation sites (tertiary alicyclic amines) is 3. The summed E-state index contributed by atoms with van der Waals surface area (Å²) in [5, 5.41) is 5.13. The van der Waals surface area contributed by atoms with Gasteiger partial charge in [-0.1, -0.05) is 144 Å². The number of amides is 3. The van der Waals surface area contributed by atoms with E-state index in [-0.39, 0.29) is 27.5 Å². The number of pyridine rings is 2. The molecule has 0 unspecified atom stereocenters. The van der Waals surface area contributed by atoms with Gasteiger partial charge in [0.05, 0.1) is 57.6 Å². The normalized spacial score (nSPS) is 15.2. The van der Waals surface area contributed by atoms with Crippen molar-refractivity contribution < 1.29 is 42.3 Å². The standard InChI is InChI=1S/C33H30N6O3.C30H25BrFN3O2.C30H24BrFN2O2/c1-20-36-19-39(37-20)32-30-29(27(42-2)18-35-32)26(17-34-30)31(40)33(41)38-15-13-23(14-16-38)28-24-9-5-3-7-21(24)11-12-22-8-4-6-10-25(22)28;1-17-4-7-21-20(15-17)6-5-19-3-2-12-33-27(19)25(21)18-10-13-35(14-11-18)30(37)29(36)22-16-34-28-23(31)8-9-24(32)26(22)28;31-24-11-12-25(32)27-23(17-33-28(24)27)29(35)30(36)34-15-13-20(14-16-34)26-21-7-3-1-5-18(21)9-10-19-6-2-4-8-22(19)26/h3-10,17-19,34H,11-16H2,1-2H3;2-4,7-9,12,15-16,34H,5-6,10-11,13-14H2,1H3;1-8,11-12,17,33H,9-10,13-16H2. The highest BCUT2D eigenvalue weighted by molar-refractivity contribution is 9.11. The van der Waals surface area contributed by atoms with Gasteiger partial charge in [0, 0.05) is 89.3 Å². The lowest BCUT2D eigenvalue weighted by molar-refractivity contribution is -0.127. The Labute approximate surface area is 678 Å². The number of benzene rings is 7. The third-order valence-electron chi connectivity index (χ3n) is 23.3. The van der Waals surface area contributed by atoms with Gasteiger partial charge in [-0.3, -0.25) is 33.8 Å². The zero-order chi connectivity index (χ0) is 79.3. The van der Waals surface area contributed by atoms with E-state index in [0.29, 0.717) is 126 Å². The second kappa shape index (κ2) is 32.0. The predicted molar refractivity (Wildman–Crippen MR) is 446 cm³/mol. The van der Waals surface area contributed by atoms with Crippen LogP contribution in [0.5, 0.6) is 5.75 Å². The summed E-state index contributed by atoms with van der Waals surface area (Å²) in [4.78, 5) is 107. The summed E-state index contributed by atoms with van der Waals surface area (Å²) in [5.74, 6) is -3.24. The van der Waals surface area contributed by atoms with Crippen LogP contribution in [0.3, 0.4) is 0 Å². The average Bonchev–Trinajstić information content (AvgIpc) is 1.68. The van der Waals surface area contributed by atoms with Gasteiger partial charge in [-0.25, -0.2) is 23.4 Å². The molecule has 3 fully saturated rings. The van der Waals surface area contributed by atoms with E-state index in [2.05, 4.69) is 190 Å². The summed E-state index contributed by atoms with van der Waals surface area (Å²) in [5.41, 5.74) is 26.1. The fourth-order valence-corrected chi connectivity index (χ4v) is 18.4. The Kier molecular flexibility index (Phi) is 21.0. The zero-order valence-electron chi connectivity index (χ0n) is 63.6. The number of rotatable bonds is 8. The highest BCUT2D eigenvalue weighted by Crippen LogP contribution is 2.44. The van der Waals surface area contributed by atoms with E-state index in [9.17, 15) is 37.5 Å². The molecule has 0 spiro atoms. The van der Waals surface area contributed by atoms with E-state index >= 15 is 0 Å². The molecule has 0 atom stereocenters. The number of carbonyl (C=O) groups excluding carboxylic acids is 6. The van der Waals surface area contributed by atoms with Gasteiger partial charge in [-0.05, 0) is 225 Å². The number of nitrogens with one attached hydrogen (secondary N) is 3. The van der Waals surface area contributed by atoms with Gasteiger partial charge in [0.15, 0.2) is 5.82 Å². The zero-order valence-corrected chi connectivity index (χ0v) is 66.7. The minimum atomic E-state index is -0.693. The van der Waals surface area contributed by atoms with Crippen LogP contribution >= 0.6 is 31.9 Å². The molecule has 3 amide bonds. The number of nitrogens with zero attached hydrogens (tertiary/aromatic N) is 8. The van der Waals surface area contributed by atoms with Crippen molar-refractivity contribution in [2.45, 2.75) is 90.9 Å². The summed E-state index contributed by atoms with van der Waals surface area (Å²) in [6, 6.07) is 50.9. The Morgan fingerprint density at radius 1 is 0.417 bits per heavy atom. The van der Waals surface area contributed by atoms with Crippen molar-refractivity contribution in [1.82, 2.24) is 54.4 Å². The number of carbonyl (C=O) groups is 6. The van der Waals surface area contributed by atoms with Crippen molar-refractivity contribution in [3.8, 4) is 11.6 Å². The molecule has 0 bridgehead atoms. The molecule has 13 aromatic rings. The predicted octanol–water partition coefficient (Wildman–Crippen LogP) is 17.5. The van der Waals surface area contributed by atoms with Crippen LogP contribution in [0.25, 0.3) is 55.2 Å². The maximum absolute atomic E-state index is 14.6. The van der Waals surface area contributed by atoms with Crippen molar-refractivity contribution in [3.63, 3.8) is 0 Å². The fourth-order valence-electron chi connectivity index (χ4n) is 17.5. The molecule has 576 valence electrons. The Hall–Kier alpha value is -12.1. The van der Waals surface area contributed by atoms with Gasteiger partial charge in [0.2, 0.25) is 0 Å². The van der Waals surface area contributed by atoms with E-state index in [0.717, 1.165) is 44.2 Å². The Bertz CT molecular complexity index is 6150. The number of hydrogen-bond donors (Lipinski definition) is 3. The number of aromatic amines is 3. The molecule has 0 radical (unpaired) electrons. The van der Waals surface area contributed by atoms with Crippen LogP contribution in [0.2, 0.25) is 0 Å². The molecule has 3 aliphatic heterocycles. The van der Waals surface area contributed by atoms with Crippen molar-refractivity contribution in [2.75, 3.05) is 46.4 Å². The highest BCUT2D eigenvalue weighted by atomic mass is 79.9. The summed E-state index contributed by atoms with van der Waals surface area (Å²) >= 11 is 6.74. The lowest BCUT2D eigenvalue weighted by atomic mass is 9.86. The fraction of sp³-hybridized carbons (Fsp3) is 0.226. The number of ketones is 3. The number of methoxy groups -OCH3 is 1. The smallest absolute Gasteiger partial charge is 0.295 e. The van der Waals surface area contributed by atoms with Crippen LogP contribution in [0, 0.1) is 25.5 Å². The Balaban J connectivity index is 0.000000125. The lowest BCUT2D eigenvalue weighted by Crippen LogP contribution is -2.40. The number of aryl methyl sites for hydroxylation is 8. The summed E-state index contributed by atoms with van der Waals surface area (Å²) < 4.78 is 37.4. The average molecular weight is 1660 g/mol. The van der Waals surface area contributed by atoms with Crippen molar-refractivity contribution >= 4 is 116 Å². The van der Waals surface area contributed by atoms with Gasteiger partial charge < -0.3 is 34.4 Å². The molecule has 3 aliphatic carbocycles. The monoisotopic (exact) mass is 1660 g/mol. The molecular formula is C93H79Br2F2N11O7. The van der Waals surface area contributed by atoms with Crippen molar-refractivity contribution in [3.05, 3.63) is 321 Å². The van der Waals surface area contributed by atoms with Crippen LogP contribution in [0.15, 0.2) is 215 Å². The largest absolute Gasteiger partial charge is 0.494 e. The number of H-pyrrole nitrogens is 3. The number of halogens is 4. The topological polar surface area (TPSA) is 225 Å². The summed E-state index contributed by atoms with van der Waals surface area (Å²) in [6.07, 6.45) is 19.4. The minimum absolute atomic E-state index is 0.0640. The van der Waals surface area contributed by atoms with E-state index in [1.807, 2.05) is 12.3 Å². The highest BCUT2D eigenvalue weighted by Gasteiger charge is 2.36. The number of hydrogen-bond acceptors (Lipinski definition) is 11. The number of ether oxygens (including phenoxy) is 1. The van der Waals surface area contributed by atoms with E-state index < -0.39 is 46.7 Å². The first kappa shape index (κ1) is 75.5. The molecular weight excluding hydrogens is 1580 g/mol. The number of piperidine rings is 3. The summed E-state index contributed by atoms with van der Waals surface area (Å²) in [7, 11) is 1.52. The maximum Gasteiger partial charge on any atom is 0.295 e. The van der Waals surface area contributed by atoms with E-state index in [1.165, 1.54) is 143 Å². The first-order chi connectivity index (χ1) is 56.0. The Morgan fingerprint density at radius 3 is 1.24 bits per heavy atom. The first-order valence-corrected chi connectivity index (χ1v) is 40.4. The second-order valence-electron chi connectivity index (χ2n) is 29.9. The molecule has 3 saturated heterocycles. The van der Waals surface area contributed by atoms with Gasteiger partial charge in [-0.15, -0.1) is 0 Å². The molecule has 18 nitrogen and oxygen atoms in total. The van der Waals surface area contributed by atoms with Gasteiger partial charge >= 0.3 is 0 Å². The van der Waals surface area contributed by atoms with Crippen molar-refractivity contribution in [2.24, 2.45) is 0 Å². The minimum Gasteiger partial charge on any atom is -0.494 e. The SMILES string of the molecule is COc1cnc(-n2cnc(C)n2)c2[nH]cc(C(=O)C(=O)N3CCC(=C4c5ccccc5CCc5ccccc54)CC3)c12.Cc1ccc2c(c1)CCc1cccnc1C2=C1CCN(C(=O)C(=O)c2c[nH]c3c(Br)ccc(F)c23)CC1.O=C(C(=O)N1CCC(=C2c3ccccc3CCc3ccccc32)CC1)c1c[nH]c2c(Br)ccc(F)c12. The van der Waals surface area contributed by atoms with Crippen LogP contribution < -0.4 is 4.74 Å². The molecule has 7 aromatic carbocycles. The molecule has 115 heavy (non-hydrogen) atoms. The quantitative estimate of drug-likeness (QED) is 0.0958. The van der Waals surface area contributed by atoms with Crippen LogP contribution in [-0.4, -0.2) is 136 Å². The lowest BCUT2D eigenvalue weighted by Gasteiger charge is -2.30. The maximum atomic E-state index is 14.6. The van der Waals surface area contributed by atoms with E-state index in [1.54, 1.807) is 46.3 Å². The van der Waals surface area contributed by atoms with Gasteiger partial charge in [0.1, 0.15) is 29.5 Å². The number of fused-ring (bicyclic) bond motifs is 9. The van der Waals surface area contributed by atoms with Gasteiger partial charge in [-0.2, -0.15) is 5.10 Å². The molecule has 3 N–H and O–H groups in total. The third-order valence-corrected chi connectivity index (χ3v) is 24.6. The van der Waals surface area contributed by atoms with Crippen LogP contribution in [0.1, 0.15) is 148 Å². The molecule has 6 aromatic heterocycles. The molecule has 6 aliphatic rings. The molecule has 22 heteroatoms.